The molecule has 4 rings (SSSR count). The van der Waals surface area contributed by atoms with Gasteiger partial charge in [0, 0.05) is 11.8 Å². The van der Waals surface area contributed by atoms with Gasteiger partial charge in [-0.3, -0.25) is 14.6 Å². The summed E-state index contributed by atoms with van der Waals surface area (Å²) < 4.78 is 23.4. The molecular weight excluding hydrogens is 388 g/mol. The van der Waals surface area contributed by atoms with Crippen LogP contribution in [0.3, 0.4) is 0 Å². The summed E-state index contributed by atoms with van der Waals surface area (Å²) in [6.07, 6.45) is 2.68. The van der Waals surface area contributed by atoms with Gasteiger partial charge in [-0.15, -0.1) is 0 Å². The lowest BCUT2D eigenvalue weighted by Crippen LogP contribution is -2.46. The zero-order valence-electron chi connectivity index (χ0n) is 16.1. The number of anilines is 1. The van der Waals surface area contributed by atoms with E-state index in [0.29, 0.717) is 29.7 Å². The van der Waals surface area contributed by atoms with E-state index in [1.807, 2.05) is 25.1 Å². The number of hydrogen-bond donors (Lipinski definition) is 0. The summed E-state index contributed by atoms with van der Waals surface area (Å²) in [5, 5.41) is 0. The van der Waals surface area contributed by atoms with Crippen molar-refractivity contribution in [2.75, 3.05) is 16.4 Å². The molecule has 2 aromatic rings. The SMILES string of the molecule is CCc1ccccc1N1C(=O)c2ccccc2[C@H](C=N[C@H]2CCS(=O)(=O)C2)C1=O. The van der Waals surface area contributed by atoms with Gasteiger partial charge in [0.1, 0.15) is 0 Å². The maximum atomic E-state index is 13.4. The molecule has 2 amide bonds. The van der Waals surface area contributed by atoms with Crippen LogP contribution in [-0.4, -0.2) is 44.0 Å². The van der Waals surface area contributed by atoms with Gasteiger partial charge in [-0.25, -0.2) is 13.3 Å². The van der Waals surface area contributed by atoms with Crippen molar-refractivity contribution in [2.24, 2.45) is 4.99 Å². The van der Waals surface area contributed by atoms with Crippen molar-refractivity contribution in [3.05, 3.63) is 65.2 Å². The van der Waals surface area contributed by atoms with Crippen LogP contribution in [0.25, 0.3) is 0 Å². The Labute approximate surface area is 170 Å². The van der Waals surface area contributed by atoms with Crippen molar-refractivity contribution in [3.63, 3.8) is 0 Å². The number of aliphatic imine (C=N–C) groups is 1. The number of para-hydroxylation sites is 1. The summed E-state index contributed by atoms with van der Waals surface area (Å²) in [6, 6.07) is 14.1. The van der Waals surface area contributed by atoms with E-state index in [4.69, 9.17) is 0 Å². The average molecular weight is 410 g/mol. The van der Waals surface area contributed by atoms with Gasteiger partial charge in [0.15, 0.2) is 9.84 Å². The Morgan fingerprint density at radius 1 is 1.10 bits per heavy atom. The lowest BCUT2D eigenvalue weighted by atomic mass is 9.88. The molecule has 150 valence electrons. The van der Waals surface area contributed by atoms with Crippen LogP contribution in [0.1, 0.15) is 40.7 Å². The lowest BCUT2D eigenvalue weighted by Gasteiger charge is -2.32. The van der Waals surface area contributed by atoms with Crippen LogP contribution in [0, 0.1) is 0 Å². The van der Waals surface area contributed by atoms with Gasteiger partial charge in [-0.2, -0.15) is 0 Å². The number of nitrogens with zero attached hydrogens (tertiary/aromatic N) is 2. The van der Waals surface area contributed by atoms with Crippen LogP contribution in [0.2, 0.25) is 0 Å². The highest BCUT2D eigenvalue weighted by Gasteiger charge is 2.39. The first-order valence-corrected chi connectivity index (χ1v) is 11.5. The second-order valence-corrected chi connectivity index (χ2v) is 9.61. The molecule has 0 radical (unpaired) electrons. The summed E-state index contributed by atoms with van der Waals surface area (Å²) in [4.78, 5) is 32.2. The lowest BCUT2D eigenvalue weighted by molar-refractivity contribution is -0.118. The molecule has 2 aromatic carbocycles. The molecule has 7 heteroatoms. The Balaban J connectivity index is 1.76. The Morgan fingerprint density at radius 3 is 2.55 bits per heavy atom. The minimum atomic E-state index is -3.06. The number of carbonyl (C=O) groups excluding carboxylic acids is 2. The number of carbonyl (C=O) groups is 2. The summed E-state index contributed by atoms with van der Waals surface area (Å²) in [5.41, 5.74) is 2.57. The molecule has 0 spiro atoms. The Morgan fingerprint density at radius 2 is 1.83 bits per heavy atom. The van der Waals surface area contributed by atoms with E-state index in [1.165, 1.54) is 11.1 Å². The zero-order chi connectivity index (χ0) is 20.6. The molecule has 0 unspecified atom stereocenters. The normalized spacial score (nSPS) is 23.6. The van der Waals surface area contributed by atoms with Gasteiger partial charge in [0.05, 0.1) is 29.2 Å². The number of rotatable bonds is 4. The van der Waals surface area contributed by atoms with Crippen LogP contribution in [-0.2, 0) is 21.1 Å². The fraction of sp³-hybridized carbons (Fsp3) is 0.318. The minimum absolute atomic E-state index is 0.00731. The monoisotopic (exact) mass is 410 g/mol. The van der Waals surface area contributed by atoms with Crippen LogP contribution in [0.15, 0.2) is 53.5 Å². The number of benzene rings is 2. The van der Waals surface area contributed by atoms with E-state index in [9.17, 15) is 18.0 Å². The molecule has 0 saturated carbocycles. The standard InChI is InChI=1S/C22H22N2O4S/c1-2-15-7-3-6-10-20(15)24-21(25)18-9-5-4-8-17(18)19(22(24)26)13-23-16-11-12-29(27,28)14-16/h3-10,13,16,19H,2,11-12,14H2,1H3/t16-,19-/m0/s1. The predicted octanol–water partition coefficient (Wildman–Crippen LogP) is 2.78. The Kier molecular flexibility index (Phi) is 5.08. The van der Waals surface area contributed by atoms with E-state index in [-0.39, 0.29) is 29.4 Å². The second-order valence-electron chi connectivity index (χ2n) is 7.38. The van der Waals surface area contributed by atoms with Gasteiger partial charge in [0.2, 0.25) is 5.91 Å². The minimum Gasteiger partial charge on any atom is -0.292 e. The molecule has 2 atom stereocenters. The molecule has 0 N–H and O–H groups in total. The molecule has 6 nitrogen and oxygen atoms in total. The maximum absolute atomic E-state index is 13.4. The van der Waals surface area contributed by atoms with Crippen molar-refractivity contribution >= 4 is 33.6 Å². The van der Waals surface area contributed by atoms with Gasteiger partial charge >= 0.3 is 0 Å². The molecule has 2 heterocycles. The first kappa shape index (κ1) is 19.5. The molecule has 2 aliphatic rings. The molecule has 0 aliphatic carbocycles. The van der Waals surface area contributed by atoms with E-state index in [0.717, 1.165) is 5.56 Å². The van der Waals surface area contributed by atoms with E-state index in [2.05, 4.69) is 4.99 Å². The third kappa shape index (κ3) is 3.62. The molecular formula is C22H22N2O4S. The van der Waals surface area contributed by atoms with Gasteiger partial charge in [-0.05, 0) is 36.1 Å². The molecule has 1 fully saturated rings. The topological polar surface area (TPSA) is 83.9 Å². The predicted molar refractivity (Wildman–Crippen MR) is 112 cm³/mol. The van der Waals surface area contributed by atoms with Gasteiger partial charge < -0.3 is 0 Å². The highest BCUT2D eigenvalue weighted by molar-refractivity contribution is 7.91. The first-order valence-electron chi connectivity index (χ1n) is 9.70. The summed E-state index contributed by atoms with van der Waals surface area (Å²) in [5.74, 6) is -1.30. The van der Waals surface area contributed by atoms with Crippen molar-refractivity contribution < 1.29 is 18.0 Å². The summed E-state index contributed by atoms with van der Waals surface area (Å²) in [7, 11) is -3.06. The highest BCUT2D eigenvalue weighted by Crippen LogP contribution is 2.34. The smallest absolute Gasteiger partial charge is 0.265 e. The molecule has 2 aliphatic heterocycles. The molecule has 1 saturated heterocycles. The molecule has 0 aromatic heterocycles. The first-order chi connectivity index (χ1) is 13.9. The number of hydrogen-bond acceptors (Lipinski definition) is 5. The summed E-state index contributed by atoms with van der Waals surface area (Å²) in [6.45, 7) is 1.98. The molecule has 0 bridgehead atoms. The third-order valence-corrected chi connectivity index (χ3v) is 7.23. The number of aryl methyl sites for hydroxylation is 1. The number of sulfone groups is 1. The highest BCUT2D eigenvalue weighted by atomic mass is 32.2. The second kappa shape index (κ2) is 7.55. The van der Waals surface area contributed by atoms with E-state index >= 15 is 0 Å². The van der Waals surface area contributed by atoms with E-state index < -0.39 is 15.8 Å². The third-order valence-electron chi connectivity index (χ3n) is 5.48. The van der Waals surface area contributed by atoms with Crippen molar-refractivity contribution in [1.29, 1.82) is 0 Å². The van der Waals surface area contributed by atoms with E-state index in [1.54, 1.807) is 30.3 Å². The average Bonchev–Trinajstić information content (AvgIpc) is 3.07. The van der Waals surface area contributed by atoms with Crippen LogP contribution >= 0.6 is 0 Å². The van der Waals surface area contributed by atoms with Crippen LogP contribution < -0.4 is 4.90 Å². The fourth-order valence-corrected chi connectivity index (χ4v) is 5.59. The van der Waals surface area contributed by atoms with Crippen molar-refractivity contribution in [2.45, 2.75) is 31.7 Å². The Hall–Kier alpha value is -2.80. The number of fused-ring (bicyclic) bond motifs is 1. The largest absolute Gasteiger partial charge is 0.292 e. The van der Waals surface area contributed by atoms with Crippen molar-refractivity contribution in [3.8, 4) is 0 Å². The van der Waals surface area contributed by atoms with Gasteiger partial charge in [-0.1, -0.05) is 43.3 Å². The van der Waals surface area contributed by atoms with Gasteiger partial charge in [0.25, 0.3) is 5.91 Å². The zero-order valence-corrected chi connectivity index (χ0v) is 16.9. The fourth-order valence-electron chi connectivity index (χ4n) is 3.96. The molecule has 29 heavy (non-hydrogen) atoms. The number of imide groups is 1. The van der Waals surface area contributed by atoms with Crippen LogP contribution in [0.4, 0.5) is 5.69 Å². The quantitative estimate of drug-likeness (QED) is 0.573. The number of amides is 2. The van der Waals surface area contributed by atoms with Crippen LogP contribution in [0.5, 0.6) is 0 Å². The van der Waals surface area contributed by atoms with Crippen molar-refractivity contribution in [1.82, 2.24) is 0 Å². The summed E-state index contributed by atoms with van der Waals surface area (Å²) >= 11 is 0. The Bertz CT molecular complexity index is 1110. The maximum Gasteiger partial charge on any atom is 0.265 e.